The molecule has 0 radical (unpaired) electrons. The molecule has 0 fully saturated rings. The molecule has 17 heavy (non-hydrogen) atoms. The molecular formula is C12H16NO4+. The van der Waals surface area contributed by atoms with Crippen molar-refractivity contribution in [3.63, 3.8) is 0 Å². The van der Waals surface area contributed by atoms with Gasteiger partial charge < -0.3 is 14.9 Å². The first-order valence-corrected chi connectivity index (χ1v) is 5.35. The average Bonchev–Trinajstić information content (AvgIpc) is 2.50. The highest BCUT2D eigenvalue weighted by Gasteiger charge is 2.45. The number of aromatic hydroxyl groups is 1. The molecule has 0 bridgehead atoms. The number of phenolic OH excluding ortho intramolecular Hbond substituents is 1. The van der Waals surface area contributed by atoms with Gasteiger partial charge in [0.15, 0.2) is 17.5 Å². The highest BCUT2D eigenvalue weighted by atomic mass is 16.5. The van der Waals surface area contributed by atoms with Crippen molar-refractivity contribution >= 4 is 11.7 Å². The minimum absolute atomic E-state index is 0.0449. The maximum absolute atomic E-state index is 11.2. The van der Waals surface area contributed by atoms with E-state index < -0.39 is 12.0 Å². The maximum atomic E-state index is 11.2. The molecule has 1 atom stereocenters. The summed E-state index contributed by atoms with van der Waals surface area (Å²) in [5, 5.41) is 19.0. The summed E-state index contributed by atoms with van der Waals surface area (Å²) >= 11 is 0. The zero-order chi connectivity index (χ0) is 12.8. The molecule has 0 unspecified atom stereocenters. The van der Waals surface area contributed by atoms with E-state index in [1.807, 2.05) is 14.1 Å². The number of hydrogen-bond acceptors (Lipinski definition) is 3. The van der Waals surface area contributed by atoms with E-state index in [-0.39, 0.29) is 10.2 Å². The quantitative estimate of drug-likeness (QED) is 0.754. The number of rotatable bonds is 2. The van der Waals surface area contributed by atoms with Crippen molar-refractivity contribution in [2.24, 2.45) is 0 Å². The molecule has 0 aromatic heterocycles. The molecule has 0 saturated heterocycles. The lowest BCUT2D eigenvalue weighted by Crippen LogP contribution is -2.51. The van der Waals surface area contributed by atoms with Crippen LogP contribution in [0, 0.1) is 0 Å². The lowest BCUT2D eigenvalue weighted by atomic mass is 10.1. The smallest absolute Gasteiger partial charge is 0.363 e. The largest absolute Gasteiger partial charge is 0.504 e. The van der Waals surface area contributed by atoms with Crippen LogP contribution in [-0.2, 0) is 11.2 Å². The van der Waals surface area contributed by atoms with Gasteiger partial charge in [0.25, 0.3) is 0 Å². The second-order valence-corrected chi connectivity index (χ2v) is 4.75. The van der Waals surface area contributed by atoms with Crippen LogP contribution in [0.2, 0.25) is 0 Å². The van der Waals surface area contributed by atoms with Gasteiger partial charge in [0.2, 0.25) is 0 Å². The Morgan fingerprint density at radius 3 is 2.65 bits per heavy atom. The molecule has 2 N–H and O–H groups in total. The first-order valence-electron chi connectivity index (χ1n) is 5.35. The number of ether oxygens (including phenoxy) is 1. The monoisotopic (exact) mass is 238 g/mol. The van der Waals surface area contributed by atoms with E-state index in [0.29, 0.717) is 12.2 Å². The summed E-state index contributed by atoms with van der Waals surface area (Å²) in [6, 6.07) is 2.79. The van der Waals surface area contributed by atoms with Gasteiger partial charge in [-0.05, 0) is 6.07 Å². The summed E-state index contributed by atoms with van der Waals surface area (Å²) in [6.45, 7) is 0. The number of benzene rings is 1. The number of nitrogens with zero attached hydrogens (tertiary/aromatic N) is 1. The lowest BCUT2D eigenvalue weighted by molar-refractivity contribution is -0.141. The van der Waals surface area contributed by atoms with Gasteiger partial charge in [-0.3, -0.25) is 4.48 Å². The molecule has 0 saturated carbocycles. The number of aliphatic carboxylic acids is 1. The Bertz CT molecular complexity index is 482. The first kappa shape index (κ1) is 11.7. The Morgan fingerprint density at radius 2 is 2.12 bits per heavy atom. The van der Waals surface area contributed by atoms with Gasteiger partial charge in [-0.2, -0.15) is 0 Å². The van der Waals surface area contributed by atoms with E-state index in [4.69, 9.17) is 4.74 Å². The Kier molecular flexibility index (Phi) is 2.50. The van der Waals surface area contributed by atoms with E-state index in [2.05, 4.69) is 0 Å². The van der Waals surface area contributed by atoms with E-state index in [1.165, 1.54) is 7.11 Å². The SMILES string of the molecule is COc1cc2c(cc1O)[N+](C)(C)[C@H](C(=O)O)C2. The summed E-state index contributed by atoms with van der Waals surface area (Å²) in [5.41, 5.74) is 1.74. The van der Waals surface area contributed by atoms with Crippen molar-refractivity contribution in [1.82, 2.24) is 4.48 Å². The lowest BCUT2D eigenvalue weighted by Gasteiger charge is -2.29. The van der Waals surface area contributed by atoms with Gasteiger partial charge in [0.05, 0.1) is 21.2 Å². The van der Waals surface area contributed by atoms with E-state index >= 15 is 0 Å². The highest BCUT2D eigenvalue weighted by Crippen LogP contribution is 2.42. The van der Waals surface area contributed by atoms with Crippen molar-refractivity contribution in [1.29, 1.82) is 0 Å². The fourth-order valence-corrected chi connectivity index (χ4v) is 2.43. The Labute approximate surface area is 99.4 Å². The second-order valence-electron chi connectivity index (χ2n) is 4.75. The highest BCUT2D eigenvalue weighted by molar-refractivity contribution is 5.81. The molecular weight excluding hydrogens is 222 g/mol. The number of fused-ring (bicyclic) bond motifs is 1. The van der Waals surface area contributed by atoms with E-state index in [9.17, 15) is 15.0 Å². The zero-order valence-electron chi connectivity index (χ0n) is 10.1. The Hall–Kier alpha value is -1.75. The third kappa shape index (κ3) is 1.63. The predicted octanol–water partition coefficient (Wildman–Crippen LogP) is 0.977. The van der Waals surface area contributed by atoms with Crippen molar-refractivity contribution in [2.75, 3.05) is 21.2 Å². The van der Waals surface area contributed by atoms with Crippen LogP contribution in [0.4, 0.5) is 5.69 Å². The second kappa shape index (κ2) is 3.63. The molecule has 1 heterocycles. The van der Waals surface area contributed by atoms with Crippen molar-refractivity contribution in [3.8, 4) is 11.5 Å². The van der Waals surface area contributed by atoms with E-state index in [0.717, 1.165) is 11.3 Å². The molecule has 2 rings (SSSR count). The van der Waals surface area contributed by atoms with Gasteiger partial charge in [0.1, 0.15) is 5.69 Å². The average molecular weight is 238 g/mol. The minimum Gasteiger partial charge on any atom is -0.504 e. The van der Waals surface area contributed by atoms with Crippen molar-refractivity contribution in [2.45, 2.75) is 12.5 Å². The number of carboxylic acid groups (broad SMARTS) is 1. The standard InChI is InChI=1S/C12H15NO4/c1-13(2)8-6-10(14)11(17-3)5-7(8)4-9(13)12(15)16/h5-6,9H,4H2,1-3H3,(H-,14,15,16)/p+1/t9-/m0/s1. The first-order chi connectivity index (χ1) is 7.87. The number of likely N-dealkylation sites (N-methyl/N-ethyl adjacent to an activating group) is 1. The predicted molar refractivity (Wildman–Crippen MR) is 63.4 cm³/mol. The van der Waals surface area contributed by atoms with Gasteiger partial charge in [-0.1, -0.05) is 0 Å². The fraction of sp³-hybridized carbons (Fsp3) is 0.417. The van der Waals surface area contributed by atoms with Gasteiger partial charge >= 0.3 is 5.97 Å². The van der Waals surface area contributed by atoms with Crippen LogP contribution in [0.1, 0.15) is 5.56 Å². The summed E-state index contributed by atoms with van der Waals surface area (Å²) in [4.78, 5) is 11.2. The van der Waals surface area contributed by atoms with Gasteiger partial charge in [-0.25, -0.2) is 4.79 Å². The number of carboxylic acids is 1. The van der Waals surface area contributed by atoms with Gasteiger partial charge in [0, 0.05) is 18.1 Å². The maximum Gasteiger partial charge on any atom is 0.363 e. The summed E-state index contributed by atoms with van der Waals surface area (Å²) < 4.78 is 5.27. The minimum atomic E-state index is -0.829. The molecule has 5 nitrogen and oxygen atoms in total. The molecule has 0 amide bonds. The van der Waals surface area contributed by atoms with Crippen LogP contribution >= 0.6 is 0 Å². The molecule has 5 heteroatoms. The molecule has 1 aliphatic rings. The Morgan fingerprint density at radius 1 is 1.47 bits per heavy atom. The summed E-state index contributed by atoms with van der Waals surface area (Å²) in [6.07, 6.45) is 0.453. The number of carbonyl (C=O) groups is 1. The van der Waals surface area contributed by atoms with Crippen LogP contribution in [-0.4, -0.2) is 43.4 Å². The van der Waals surface area contributed by atoms with Crippen LogP contribution in [0.25, 0.3) is 0 Å². The normalized spacial score (nSPS) is 21.0. The topological polar surface area (TPSA) is 66.8 Å². The number of hydrogen-bond donors (Lipinski definition) is 2. The molecule has 1 aromatic rings. The Balaban J connectivity index is 2.54. The third-order valence-corrected chi connectivity index (χ3v) is 3.48. The van der Waals surface area contributed by atoms with Crippen LogP contribution in [0.15, 0.2) is 12.1 Å². The summed E-state index contributed by atoms with van der Waals surface area (Å²) in [5.74, 6) is -0.400. The zero-order valence-corrected chi connectivity index (χ0v) is 10.1. The molecule has 1 aromatic carbocycles. The van der Waals surface area contributed by atoms with Crippen LogP contribution in [0.3, 0.4) is 0 Å². The summed E-state index contributed by atoms with van der Waals surface area (Å²) in [7, 11) is 5.14. The van der Waals surface area contributed by atoms with Crippen LogP contribution in [0.5, 0.6) is 11.5 Å². The number of quaternary nitrogens is 1. The molecule has 0 spiro atoms. The van der Waals surface area contributed by atoms with Crippen molar-refractivity contribution < 1.29 is 19.7 Å². The van der Waals surface area contributed by atoms with E-state index in [1.54, 1.807) is 12.1 Å². The fourth-order valence-electron chi connectivity index (χ4n) is 2.43. The van der Waals surface area contributed by atoms with Crippen LogP contribution < -0.4 is 9.22 Å². The van der Waals surface area contributed by atoms with Crippen molar-refractivity contribution in [3.05, 3.63) is 17.7 Å². The third-order valence-electron chi connectivity index (χ3n) is 3.48. The molecule has 92 valence electrons. The number of phenols is 1. The molecule has 0 aliphatic carbocycles. The number of methoxy groups -OCH3 is 1. The van der Waals surface area contributed by atoms with Gasteiger partial charge in [-0.15, -0.1) is 0 Å². The molecule has 1 aliphatic heterocycles.